The molecule has 0 saturated heterocycles. The number of carbonyl (C=O) groups excluding carboxylic acids is 1. The molecule has 9 nitrogen and oxygen atoms in total. The van der Waals surface area contributed by atoms with Gasteiger partial charge in [-0.15, -0.1) is 0 Å². The minimum absolute atomic E-state index is 0.206. The van der Waals surface area contributed by atoms with Crippen molar-refractivity contribution in [2.45, 2.75) is 18.7 Å². The van der Waals surface area contributed by atoms with Gasteiger partial charge in [0, 0.05) is 48.5 Å². The van der Waals surface area contributed by atoms with Crippen LogP contribution in [0.5, 0.6) is 0 Å². The van der Waals surface area contributed by atoms with Crippen LogP contribution < -0.4 is 15.8 Å². The van der Waals surface area contributed by atoms with Crippen LogP contribution in [-0.2, 0) is 9.53 Å². The molecular formula is C25H29ClFN7O2S. The van der Waals surface area contributed by atoms with Crippen molar-refractivity contribution in [1.82, 2.24) is 14.9 Å². The van der Waals surface area contributed by atoms with E-state index in [1.807, 2.05) is 36.2 Å². The lowest BCUT2D eigenvalue weighted by Gasteiger charge is -2.18. The van der Waals surface area contributed by atoms with Gasteiger partial charge in [0.05, 0.1) is 10.5 Å². The van der Waals surface area contributed by atoms with Crippen LogP contribution in [0.2, 0.25) is 5.02 Å². The maximum absolute atomic E-state index is 13.9. The molecule has 196 valence electrons. The molecule has 1 heterocycles. The number of hydrogen-bond acceptors (Lipinski definition) is 10. The van der Waals surface area contributed by atoms with Gasteiger partial charge in [0.1, 0.15) is 24.1 Å². The third kappa shape index (κ3) is 8.31. The van der Waals surface area contributed by atoms with E-state index in [0.717, 1.165) is 23.2 Å². The lowest BCUT2D eigenvalue weighted by atomic mass is 10.1. The monoisotopic (exact) mass is 545 g/mol. The van der Waals surface area contributed by atoms with Gasteiger partial charge < -0.3 is 30.8 Å². The Balaban J connectivity index is 1.69. The number of anilines is 3. The fourth-order valence-corrected chi connectivity index (χ4v) is 4.24. The Morgan fingerprint density at radius 3 is 2.59 bits per heavy atom. The van der Waals surface area contributed by atoms with Gasteiger partial charge in [0.15, 0.2) is 5.82 Å². The summed E-state index contributed by atoms with van der Waals surface area (Å²) in [6.45, 7) is 5.11. The molecule has 0 amide bonds. The van der Waals surface area contributed by atoms with Crippen molar-refractivity contribution >= 4 is 52.6 Å². The van der Waals surface area contributed by atoms with Crippen LogP contribution in [0.4, 0.5) is 21.7 Å². The van der Waals surface area contributed by atoms with E-state index in [0.29, 0.717) is 53.4 Å². The summed E-state index contributed by atoms with van der Waals surface area (Å²) in [6.07, 6.45) is 0. The van der Waals surface area contributed by atoms with Crippen molar-refractivity contribution in [2.75, 3.05) is 49.1 Å². The molecule has 0 spiro atoms. The zero-order valence-electron chi connectivity index (χ0n) is 20.8. The molecule has 0 aliphatic carbocycles. The van der Waals surface area contributed by atoms with E-state index in [9.17, 15) is 9.18 Å². The molecule has 0 fully saturated rings. The Morgan fingerprint density at radius 2 is 1.92 bits per heavy atom. The largest absolute Gasteiger partial charge is 0.465 e. The van der Waals surface area contributed by atoms with Gasteiger partial charge in [-0.25, -0.2) is 14.4 Å². The smallest absolute Gasteiger partial charge is 0.302 e. The molecule has 3 rings (SSSR count). The number of nitrogens with one attached hydrogen (secondary N) is 3. The zero-order valence-corrected chi connectivity index (χ0v) is 22.3. The summed E-state index contributed by atoms with van der Waals surface area (Å²) in [5.41, 5.74) is 8.38. The third-order valence-corrected chi connectivity index (χ3v) is 6.30. The average Bonchev–Trinajstić information content (AvgIpc) is 2.84. The number of halogens is 2. The quantitative estimate of drug-likeness (QED) is 0.142. The van der Waals surface area contributed by atoms with Crippen LogP contribution >= 0.6 is 23.5 Å². The Morgan fingerprint density at radius 1 is 1.19 bits per heavy atom. The van der Waals surface area contributed by atoms with Crippen LogP contribution in [0.25, 0.3) is 11.4 Å². The minimum atomic E-state index is -0.361. The topological polar surface area (TPSA) is 129 Å². The summed E-state index contributed by atoms with van der Waals surface area (Å²) >= 11 is 7.07. The predicted molar refractivity (Wildman–Crippen MR) is 148 cm³/mol. The first-order valence-electron chi connectivity index (χ1n) is 11.4. The molecule has 1 aromatic heterocycles. The van der Waals surface area contributed by atoms with Gasteiger partial charge in [-0.05, 0) is 68.4 Å². The summed E-state index contributed by atoms with van der Waals surface area (Å²) in [6, 6.07) is 11.7. The fourth-order valence-electron chi connectivity index (χ4n) is 3.28. The first-order chi connectivity index (χ1) is 17.6. The summed E-state index contributed by atoms with van der Waals surface area (Å²) in [7, 11) is 1.92. The van der Waals surface area contributed by atoms with Crippen molar-refractivity contribution < 1.29 is 13.9 Å². The molecule has 3 aromatic rings. The number of esters is 1. The summed E-state index contributed by atoms with van der Waals surface area (Å²) in [5, 5.41) is 11.8. The molecule has 0 aliphatic heterocycles. The van der Waals surface area contributed by atoms with Crippen LogP contribution in [0.3, 0.4) is 0 Å². The number of carbonyl (C=O) groups is 1. The van der Waals surface area contributed by atoms with Gasteiger partial charge in [0.25, 0.3) is 0 Å². The van der Waals surface area contributed by atoms with Crippen molar-refractivity contribution in [2.24, 2.45) is 0 Å². The van der Waals surface area contributed by atoms with Crippen LogP contribution in [-0.4, -0.2) is 59.8 Å². The SMILES string of the molecule is CC(=N)c1c(N)nc(-c2ccc(NSc3cc(Cl)ccc3F)cc2)nc1NCCN(C)CCOC(C)=O. The van der Waals surface area contributed by atoms with Crippen LogP contribution in [0.1, 0.15) is 19.4 Å². The highest BCUT2D eigenvalue weighted by molar-refractivity contribution is 8.00. The second kappa shape index (κ2) is 13.2. The Labute approximate surface area is 224 Å². The lowest BCUT2D eigenvalue weighted by molar-refractivity contribution is -0.141. The minimum Gasteiger partial charge on any atom is -0.465 e. The summed E-state index contributed by atoms with van der Waals surface area (Å²) < 4.78 is 22.0. The zero-order chi connectivity index (χ0) is 26.9. The normalized spacial score (nSPS) is 10.9. The standard InChI is InChI=1S/C25H29ClFN7O2S/c1-15(28)22-23(29)31-24(32-25(22)30-10-11-34(3)12-13-36-16(2)35)17-4-7-19(8-5-17)33-37-21-14-18(26)6-9-20(21)27/h4-9,14,28,33H,10-13H2,1-3H3,(H3,29,30,31,32). The number of nitrogen functional groups attached to an aromatic ring is 1. The first-order valence-corrected chi connectivity index (χ1v) is 12.6. The van der Waals surface area contributed by atoms with Crippen LogP contribution in [0.15, 0.2) is 47.4 Å². The third-order valence-electron chi connectivity index (χ3n) is 5.19. The highest BCUT2D eigenvalue weighted by atomic mass is 35.5. The summed E-state index contributed by atoms with van der Waals surface area (Å²) in [5.74, 6) is 0.419. The number of ether oxygens (including phenoxy) is 1. The molecule has 2 aromatic carbocycles. The van der Waals surface area contributed by atoms with Gasteiger partial charge >= 0.3 is 5.97 Å². The molecule has 0 unspecified atom stereocenters. The van der Waals surface area contributed by atoms with E-state index >= 15 is 0 Å². The Hall–Kier alpha value is -3.41. The van der Waals surface area contributed by atoms with Gasteiger partial charge in [0.2, 0.25) is 0 Å². The summed E-state index contributed by atoms with van der Waals surface area (Å²) in [4.78, 5) is 22.4. The van der Waals surface area contributed by atoms with Crippen molar-refractivity contribution in [3.8, 4) is 11.4 Å². The molecular weight excluding hydrogens is 517 g/mol. The second-order valence-corrected chi connectivity index (χ2v) is 9.49. The predicted octanol–water partition coefficient (Wildman–Crippen LogP) is 4.93. The van der Waals surface area contributed by atoms with Crippen molar-refractivity contribution in [3.63, 3.8) is 0 Å². The van der Waals surface area contributed by atoms with E-state index in [2.05, 4.69) is 20.0 Å². The van der Waals surface area contributed by atoms with E-state index in [4.69, 9.17) is 27.5 Å². The van der Waals surface area contributed by atoms with Gasteiger partial charge in [-0.1, -0.05) is 11.6 Å². The Kier molecular flexibility index (Phi) is 10.1. The highest BCUT2D eigenvalue weighted by Gasteiger charge is 2.16. The second-order valence-electron chi connectivity index (χ2n) is 8.21. The van der Waals surface area contributed by atoms with Crippen molar-refractivity contribution in [3.05, 3.63) is 58.9 Å². The maximum Gasteiger partial charge on any atom is 0.302 e. The molecule has 0 radical (unpaired) electrons. The van der Waals surface area contributed by atoms with E-state index < -0.39 is 0 Å². The number of likely N-dealkylation sites (N-methyl/N-ethyl adjacent to an activating group) is 1. The molecule has 37 heavy (non-hydrogen) atoms. The first kappa shape index (κ1) is 28.2. The number of benzene rings is 2. The number of nitrogens with two attached hydrogens (primary N) is 1. The molecule has 0 saturated carbocycles. The number of hydrogen-bond donors (Lipinski definition) is 4. The molecule has 0 bridgehead atoms. The average molecular weight is 546 g/mol. The molecule has 0 atom stereocenters. The maximum atomic E-state index is 13.9. The van der Waals surface area contributed by atoms with Gasteiger partial charge in [-0.3, -0.25) is 4.79 Å². The van der Waals surface area contributed by atoms with Crippen molar-refractivity contribution in [1.29, 1.82) is 5.41 Å². The lowest BCUT2D eigenvalue weighted by Crippen LogP contribution is -2.29. The number of aromatic nitrogens is 2. The van der Waals surface area contributed by atoms with Crippen LogP contribution in [0, 0.1) is 11.2 Å². The number of nitrogens with zero attached hydrogens (tertiary/aromatic N) is 3. The molecule has 5 N–H and O–H groups in total. The highest BCUT2D eigenvalue weighted by Crippen LogP contribution is 2.29. The van der Waals surface area contributed by atoms with E-state index in [1.54, 1.807) is 13.0 Å². The number of rotatable bonds is 12. The van der Waals surface area contributed by atoms with E-state index in [1.165, 1.54) is 19.1 Å². The Bertz CT molecular complexity index is 1260. The molecule has 0 aliphatic rings. The van der Waals surface area contributed by atoms with E-state index in [-0.39, 0.29) is 23.3 Å². The van der Waals surface area contributed by atoms with Gasteiger partial charge in [-0.2, -0.15) is 0 Å². The molecule has 12 heteroatoms. The fraction of sp³-hybridized carbons (Fsp3) is 0.280.